The molecule has 0 unspecified atom stereocenters. The Labute approximate surface area is 179 Å². The third-order valence-corrected chi connectivity index (χ3v) is 6.82. The summed E-state index contributed by atoms with van der Waals surface area (Å²) in [4.78, 5) is 31.5. The van der Waals surface area contributed by atoms with Gasteiger partial charge in [-0.15, -0.1) is 0 Å². The second-order valence-corrected chi connectivity index (χ2v) is 8.57. The molecule has 3 aliphatic heterocycles. The molecule has 31 heavy (non-hydrogen) atoms. The van der Waals surface area contributed by atoms with Crippen LogP contribution in [0.5, 0.6) is 0 Å². The van der Waals surface area contributed by atoms with Crippen molar-refractivity contribution in [2.75, 3.05) is 13.1 Å². The molecule has 2 bridgehead atoms. The number of H-pyrrole nitrogens is 1. The van der Waals surface area contributed by atoms with Crippen LogP contribution in [0.15, 0.2) is 65.4 Å². The first-order chi connectivity index (χ1) is 15.1. The molecule has 4 atom stereocenters. The average Bonchev–Trinajstić information content (AvgIpc) is 3.58. The van der Waals surface area contributed by atoms with E-state index < -0.39 is 17.4 Å². The highest BCUT2D eigenvalue weighted by atomic mass is 16.5. The summed E-state index contributed by atoms with van der Waals surface area (Å²) in [6.07, 6.45) is 7.91. The predicted molar refractivity (Wildman–Crippen MR) is 113 cm³/mol. The normalized spacial score (nSPS) is 28.6. The minimum absolute atomic E-state index is 0.00448. The van der Waals surface area contributed by atoms with Gasteiger partial charge in [0.1, 0.15) is 11.4 Å². The SMILES string of the molecule is O=C(NCc1ccco1)[C@@H]1[C@H]2C(=O)N(CCc3c[nH]c4ccccc34)C[C@@]23C=C[C@H]1O3. The number of aromatic amines is 1. The van der Waals surface area contributed by atoms with E-state index in [1.165, 1.54) is 10.9 Å². The fraction of sp³-hybridized carbons (Fsp3) is 0.333. The van der Waals surface area contributed by atoms with Crippen molar-refractivity contribution in [1.82, 2.24) is 15.2 Å². The maximum Gasteiger partial charge on any atom is 0.230 e. The summed E-state index contributed by atoms with van der Waals surface area (Å²) in [5, 5.41) is 4.09. The Kier molecular flexibility index (Phi) is 4.08. The van der Waals surface area contributed by atoms with Gasteiger partial charge < -0.3 is 24.4 Å². The van der Waals surface area contributed by atoms with Gasteiger partial charge in [-0.1, -0.05) is 30.4 Å². The summed E-state index contributed by atoms with van der Waals surface area (Å²) in [5.74, 6) is -0.456. The number of furan rings is 1. The molecular formula is C24H23N3O4. The van der Waals surface area contributed by atoms with Crippen molar-refractivity contribution in [3.8, 4) is 0 Å². The highest BCUT2D eigenvalue weighted by molar-refractivity contribution is 5.93. The molecule has 6 rings (SSSR count). The van der Waals surface area contributed by atoms with E-state index >= 15 is 0 Å². The van der Waals surface area contributed by atoms with Gasteiger partial charge in [0, 0.05) is 23.6 Å². The van der Waals surface area contributed by atoms with E-state index in [0.717, 1.165) is 11.9 Å². The number of benzene rings is 1. The zero-order valence-electron chi connectivity index (χ0n) is 16.9. The number of hydrogen-bond donors (Lipinski definition) is 2. The largest absolute Gasteiger partial charge is 0.467 e. The summed E-state index contributed by atoms with van der Waals surface area (Å²) in [5.41, 5.74) is 1.60. The molecule has 7 nitrogen and oxygen atoms in total. The Hall–Kier alpha value is -3.32. The number of ether oxygens (including phenoxy) is 1. The molecule has 3 aromatic rings. The molecule has 0 saturated carbocycles. The van der Waals surface area contributed by atoms with E-state index in [1.807, 2.05) is 47.5 Å². The lowest BCUT2D eigenvalue weighted by Gasteiger charge is -2.23. The minimum Gasteiger partial charge on any atom is -0.467 e. The van der Waals surface area contributed by atoms with Gasteiger partial charge in [-0.3, -0.25) is 9.59 Å². The molecule has 158 valence electrons. The molecule has 0 aliphatic carbocycles. The van der Waals surface area contributed by atoms with Crippen LogP contribution in [-0.4, -0.2) is 46.5 Å². The van der Waals surface area contributed by atoms with Crippen LogP contribution >= 0.6 is 0 Å². The van der Waals surface area contributed by atoms with Gasteiger partial charge in [0.25, 0.3) is 0 Å². The molecule has 2 aromatic heterocycles. The fourth-order valence-corrected chi connectivity index (χ4v) is 5.37. The first-order valence-corrected chi connectivity index (χ1v) is 10.7. The van der Waals surface area contributed by atoms with Crippen molar-refractivity contribution >= 4 is 22.7 Å². The van der Waals surface area contributed by atoms with Crippen molar-refractivity contribution in [2.24, 2.45) is 11.8 Å². The van der Waals surface area contributed by atoms with Crippen molar-refractivity contribution in [1.29, 1.82) is 0 Å². The van der Waals surface area contributed by atoms with Gasteiger partial charge in [-0.25, -0.2) is 0 Å². The molecule has 0 radical (unpaired) electrons. The van der Waals surface area contributed by atoms with E-state index in [9.17, 15) is 9.59 Å². The lowest BCUT2D eigenvalue weighted by molar-refractivity contribution is -0.137. The molecule has 3 aliphatic rings. The van der Waals surface area contributed by atoms with E-state index in [1.54, 1.807) is 12.3 Å². The van der Waals surface area contributed by atoms with Crippen LogP contribution in [0, 0.1) is 11.8 Å². The zero-order chi connectivity index (χ0) is 21.0. The molecule has 5 heterocycles. The van der Waals surface area contributed by atoms with Gasteiger partial charge in [-0.2, -0.15) is 0 Å². The van der Waals surface area contributed by atoms with Crippen LogP contribution in [0.25, 0.3) is 10.9 Å². The number of carbonyl (C=O) groups is 2. The van der Waals surface area contributed by atoms with Crippen molar-refractivity contribution in [2.45, 2.75) is 24.7 Å². The Morgan fingerprint density at radius 3 is 3.03 bits per heavy atom. The maximum absolute atomic E-state index is 13.3. The monoisotopic (exact) mass is 417 g/mol. The zero-order valence-corrected chi connectivity index (χ0v) is 16.9. The Morgan fingerprint density at radius 2 is 2.16 bits per heavy atom. The van der Waals surface area contributed by atoms with Gasteiger partial charge in [0.05, 0.1) is 37.3 Å². The average molecular weight is 417 g/mol. The van der Waals surface area contributed by atoms with Crippen molar-refractivity contribution in [3.05, 3.63) is 72.3 Å². The molecule has 2 fully saturated rings. The molecular weight excluding hydrogens is 394 g/mol. The fourth-order valence-electron chi connectivity index (χ4n) is 5.37. The van der Waals surface area contributed by atoms with Gasteiger partial charge in [0.15, 0.2) is 0 Å². The van der Waals surface area contributed by atoms with E-state index in [4.69, 9.17) is 9.15 Å². The Morgan fingerprint density at radius 1 is 1.26 bits per heavy atom. The number of amides is 2. The van der Waals surface area contributed by atoms with Crippen LogP contribution in [-0.2, 0) is 27.3 Å². The highest BCUT2D eigenvalue weighted by Crippen LogP contribution is 2.51. The molecule has 2 saturated heterocycles. The molecule has 2 amide bonds. The number of fused-ring (bicyclic) bond motifs is 2. The standard InChI is InChI=1S/C24H23N3O4/c28-22(26-13-16-4-3-11-30-16)20-19-7-9-24(31-19)14-27(23(29)21(20)24)10-8-15-12-25-18-6-2-1-5-17(15)18/h1-7,9,11-12,19-21,25H,8,10,13-14H2,(H,26,28)/t19-,20+,21+,24+/m1/s1. The van der Waals surface area contributed by atoms with Crippen LogP contribution < -0.4 is 5.32 Å². The second-order valence-electron chi connectivity index (χ2n) is 8.57. The molecule has 1 aromatic carbocycles. The Bertz CT molecular complexity index is 1180. The van der Waals surface area contributed by atoms with Crippen LogP contribution in [0.1, 0.15) is 11.3 Å². The van der Waals surface area contributed by atoms with E-state index in [2.05, 4.69) is 16.4 Å². The molecule has 1 spiro atoms. The van der Waals surface area contributed by atoms with Gasteiger partial charge >= 0.3 is 0 Å². The van der Waals surface area contributed by atoms with Crippen LogP contribution in [0.4, 0.5) is 0 Å². The topological polar surface area (TPSA) is 87.6 Å². The summed E-state index contributed by atoms with van der Waals surface area (Å²) in [6.45, 7) is 1.40. The third-order valence-electron chi connectivity index (χ3n) is 6.82. The van der Waals surface area contributed by atoms with Gasteiger partial charge in [-0.05, 0) is 30.2 Å². The lowest BCUT2D eigenvalue weighted by Crippen LogP contribution is -2.44. The number of aromatic nitrogens is 1. The van der Waals surface area contributed by atoms with Gasteiger partial charge in [0.2, 0.25) is 11.8 Å². The number of likely N-dealkylation sites (tertiary alicyclic amines) is 1. The number of nitrogens with zero attached hydrogens (tertiary/aromatic N) is 1. The second kappa shape index (κ2) is 6.85. The number of carbonyl (C=O) groups excluding carboxylic acids is 2. The Balaban J connectivity index is 1.17. The highest BCUT2D eigenvalue weighted by Gasteiger charge is 2.66. The molecule has 7 heteroatoms. The van der Waals surface area contributed by atoms with E-state index in [0.29, 0.717) is 25.4 Å². The number of nitrogens with one attached hydrogen (secondary N) is 2. The molecule has 2 N–H and O–H groups in total. The van der Waals surface area contributed by atoms with Crippen molar-refractivity contribution < 1.29 is 18.7 Å². The number of rotatable bonds is 6. The quantitative estimate of drug-likeness (QED) is 0.603. The van der Waals surface area contributed by atoms with Crippen LogP contribution in [0.3, 0.4) is 0 Å². The predicted octanol–water partition coefficient (Wildman–Crippen LogP) is 2.40. The number of para-hydroxylation sites is 1. The summed E-state index contributed by atoms with van der Waals surface area (Å²) in [6, 6.07) is 11.8. The third kappa shape index (κ3) is 2.84. The van der Waals surface area contributed by atoms with Crippen LogP contribution in [0.2, 0.25) is 0 Å². The van der Waals surface area contributed by atoms with E-state index in [-0.39, 0.29) is 17.9 Å². The number of hydrogen-bond acceptors (Lipinski definition) is 4. The minimum atomic E-state index is -0.686. The first kappa shape index (κ1) is 18.4. The summed E-state index contributed by atoms with van der Waals surface area (Å²) >= 11 is 0. The van der Waals surface area contributed by atoms with Crippen molar-refractivity contribution in [3.63, 3.8) is 0 Å². The summed E-state index contributed by atoms with van der Waals surface area (Å²) < 4.78 is 11.5. The maximum atomic E-state index is 13.3. The lowest BCUT2D eigenvalue weighted by atomic mass is 9.77. The first-order valence-electron chi connectivity index (χ1n) is 10.7. The summed E-state index contributed by atoms with van der Waals surface area (Å²) in [7, 11) is 0. The smallest absolute Gasteiger partial charge is 0.230 e.